The van der Waals surface area contributed by atoms with Gasteiger partial charge in [0.2, 0.25) is 5.91 Å². The van der Waals surface area contributed by atoms with Crippen molar-refractivity contribution < 1.29 is 22.7 Å². The molecule has 0 unspecified atom stereocenters. The normalized spacial score (nSPS) is 21.5. The topological polar surface area (TPSA) is 93.5 Å². The highest BCUT2D eigenvalue weighted by molar-refractivity contribution is 7.99. The Labute approximate surface area is 230 Å². The van der Waals surface area contributed by atoms with Gasteiger partial charge in [0, 0.05) is 48.7 Å². The van der Waals surface area contributed by atoms with Gasteiger partial charge in [-0.3, -0.25) is 9.36 Å². The smallest absolute Gasteiger partial charge is 0.417 e. The average Bonchev–Trinajstić information content (AvgIpc) is 3.07. The van der Waals surface area contributed by atoms with Crippen molar-refractivity contribution in [3.8, 4) is 6.01 Å². The first kappa shape index (κ1) is 27.3. The predicted octanol–water partition coefficient (Wildman–Crippen LogP) is 4.02. The second-order valence-electron chi connectivity index (χ2n) is 9.42. The van der Waals surface area contributed by atoms with Gasteiger partial charge in [-0.1, -0.05) is 18.2 Å². The Morgan fingerprint density at radius 3 is 2.49 bits per heavy atom. The van der Waals surface area contributed by atoms with Gasteiger partial charge in [0.25, 0.3) is 0 Å². The second kappa shape index (κ2) is 10.3. The summed E-state index contributed by atoms with van der Waals surface area (Å²) in [5.41, 5.74) is -1.40. The molecular weight excluding hydrogens is 557 g/mol. The predicted molar refractivity (Wildman–Crippen MR) is 141 cm³/mol. The van der Waals surface area contributed by atoms with Gasteiger partial charge < -0.3 is 14.5 Å². The monoisotopic (exact) mass is 580 g/mol. The Balaban J connectivity index is 1.65. The van der Waals surface area contributed by atoms with Gasteiger partial charge in [-0.2, -0.15) is 18.2 Å². The quantitative estimate of drug-likeness (QED) is 0.427. The van der Waals surface area contributed by atoms with Crippen molar-refractivity contribution in [2.24, 2.45) is 0 Å². The number of carbonyl (C=O) groups excluding carboxylic acids is 1. The third-order valence-corrected chi connectivity index (χ3v) is 8.43. The SMILES string of the molecule is C=CC(=O)N1[C@H](C)CN(c2nc(=O)n3c4c(c(Cl)c(C(F)(F)F)cc24)SC[C@@H](Oc2ncccn2)C3)C[C@@H]1C. The number of nitrogens with zero attached hydrogens (tertiary/aromatic N) is 6. The number of rotatable bonds is 4. The van der Waals surface area contributed by atoms with Gasteiger partial charge in [-0.15, -0.1) is 11.8 Å². The largest absolute Gasteiger partial charge is 0.457 e. The summed E-state index contributed by atoms with van der Waals surface area (Å²) < 4.78 is 49.6. The van der Waals surface area contributed by atoms with Gasteiger partial charge >= 0.3 is 17.9 Å². The molecule has 3 atom stereocenters. The standard InChI is InChI=1S/C25H24ClF3N6O3S/c1-4-18(36)35-13(2)9-33(10-14(35)3)22-16-8-17(25(27,28)29)19(26)21-20(16)34(24(37)32-22)11-15(12-39-21)38-23-30-6-5-7-31-23/h4-8,13-15H,1,9-12H2,2-3H3/t13-,14+,15-/m0/s1. The van der Waals surface area contributed by atoms with Crippen LogP contribution in [0.4, 0.5) is 19.0 Å². The molecule has 206 valence electrons. The molecule has 1 saturated heterocycles. The maximum Gasteiger partial charge on any atom is 0.417 e. The zero-order chi connectivity index (χ0) is 28.1. The fraction of sp³-hybridized carbons (Fsp3) is 0.400. The summed E-state index contributed by atoms with van der Waals surface area (Å²) in [5, 5.41) is -0.335. The third-order valence-electron chi connectivity index (χ3n) is 6.70. The molecule has 4 heterocycles. The Kier molecular flexibility index (Phi) is 7.23. The Hall–Kier alpha value is -3.32. The van der Waals surface area contributed by atoms with Gasteiger partial charge in [0.15, 0.2) is 0 Å². The van der Waals surface area contributed by atoms with Crippen LogP contribution in [0.25, 0.3) is 10.9 Å². The summed E-state index contributed by atoms with van der Waals surface area (Å²) in [4.78, 5) is 41.7. The van der Waals surface area contributed by atoms with E-state index in [0.717, 1.165) is 17.8 Å². The van der Waals surface area contributed by atoms with Crippen LogP contribution in [0.5, 0.6) is 6.01 Å². The molecule has 1 amide bonds. The van der Waals surface area contributed by atoms with E-state index in [1.54, 1.807) is 15.9 Å². The minimum absolute atomic E-state index is 0.0109. The van der Waals surface area contributed by atoms with Crippen LogP contribution in [0.3, 0.4) is 0 Å². The lowest BCUT2D eigenvalue weighted by Crippen LogP contribution is -2.58. The first-order valence-electron chi connectivity index (χ1n) is 12.1. The highest BCUT2D eigenvalue weighted by Crippen LogP contribution is 2.46. The molecule has 0 bridgehead atoms. The molecular formula is C25H24ClF3N6O3S. The number of halogens is 4. The summed E-state index contributed by atoms with van der Waals surface area (Å²) in [7, 11) is 0. The molecule has 3 aromatic rings. The maximum absolute atomic E-state index is 14.1. The van der Waals surface area contributed by atoms with Gasteiger partial charge in [0.05, 0.1) is 27.5 Å². The average molecular weight is 581 g/mol. The molecule has 1 fully saturated rings. The summed E-state index contributed by atoms with van der Waals surface area (Å²) in [6, 6.07) is 2.05. The molecule has 39 heavy (non-hydrogen) atoms. The number of thioether (sulfide) groups is 1. The van der Waals surface area contributed by atoms with Gasteiger partial charge in [-0.25, -0.2) is 14.8 Å². The molecule has 2 aromatic heterocycles. The zero-order valence-electron chi connectivity index (χ0n) is 21.0. The highest BCUT2D eigenvalue weighted by Gasteiger charge is 2.39. The molecule has 9 nitrogen and oxygen atoms in total. The van der Waals surface area contributed by atoms with Crippen molar-refractivity contribution in [3.05, 3.63) is 58.3 Å². The molecule has 0 aliphatic carbocycles. The third kappa shape index (κ3) is 5.05. The maximum atomic E-state index is 14.1. The van der Waals surface area contributed by atoms with Crippen LogP contribution < -0.4 is 15.3 Å². The fourth-order valence-corrected chi connectivity index (χ4v) is 6.69. The molecule has 2 aliphatic heterocycles. The van der Waals surface area contributed by atoms with Crippen LogP contribution in [0.1, 0.15) is 19.4 Å². The molecule has 1 aromatic carbocycles. The Morgan fingerprint density at radius 2 is 1.87 bits per heavy atom. The van der Waals surface area contributed by atoms with E-state index >= 15 is 0 Å². The minimum atomic E-state index is -4.74. The van der Waals surface area contributed by atoms with E-state index in [0.29, 0.717) is 0 Å². The van der Waals surface area contributed by atoms with Crippen molar-refractivity contribution in [1.29, 1.82) is 0 Å². The molecule has 0 saturated carbocycles. The van der Waals surface area contributed by atoms with E-state index in [4.69, 9.17) is 16.3 Å². The van der Waals surface area contributed by atoms with Crippen LogP contribution in [0, 0.1) is 0 Å². The van der Waals surface area contributed by atoms with Crippen LogP contribution in [-0.4, -0.2) is 67.4 Å². The summed E-state index contributed by atoms with van der Waals surface area (Å²) in [6.07, 6.45) is -1.15. The number of amides is 1. The fourth-order valence-electron chi connectivity index (χ4n) is 5.15. The number of carbonyl (C=O) groups is 1. The van der Waals surface area contributed by atoms with Crippen LogP contribution >= 0.6 is 23.4 Å². The lowest BCUT2D eigenvalue weighted by atomic mass is 10.1. The van der Waals surface area contributed by atoms with Crippen LogP contribution in [0.2, 0.25) is 5.02 Å². The van der Waals surface area contributed by atoms with Crippen LogP contribution in [-0.2, 0) is 17.5 Å². The van der Waals surface area contributed by atoms with Crippen molar-refractivity contribution >= 4 is 46.0 Å². The number of piperazine rings is 1. The van der Waals surface area contributed by atoms with E-state index in [2.05, 4.69) is 21.5 Å². The van der Waals surface area contributed by atoms with Gasteiger partial charge in [0.1, 0.15) is 11.9 Å². The molecule has 0 N–H and O–H groups in total. The van der Waals surface area contributed by atoms with Crippen molar-refractivity contribution in [1.82, 2.24) is 24.4 Å². The number of ether oxygens (including phenoxy) is 1. The van der Waals surface area contributed by atoms with Crippen molar-refractivity contribution in [3.63, 3.8) is 0 Å². The molecule has 0 radical (unpaired) electrons. The number of benzene rings is 1. The van der Waals surface area contributed by atoms with Gasteiger partial charge in [-0.05, 0) is 32.1 Å². The summed E-state index contributed by atoms with van der Waals surface area (Å²) >= 11 is 7.43. The van der Waals surface area contributed by atoms with E-state index < -0.39 is 28.6 Å². The minimum Gasteiger partial charge on any atom is -0.457 e. The number of aromatic nitrogens is 4. The van der Waals surface area contributed by atoms with Crippen molar-refractivity contribution in [2.75, 3.05) is 23.7 Å². The number of hydrogen-bond acceptors (Lipinski definition) is 8. The lowest BCUT2D eigenvalue weighted by Gasteiger charge is -2.44. The summed E-state index contributed by atoms with van der Waals surface area (Å²) in [5.74, 6) is 0.0683. The molecule has 2 aliphatic rings. The lowest BCUT2D eigenvalue weighted by molar-refractivity contribution is -0.137. The van der Waals surface area contributed by atoms with E-state index in [1.807, 2.05) is 13.8 Å². The Bertz CT molecular complexity index is 1490. The molecule has 0 spiro atoms. The molecule has 5 rings (SSSR count). The number of hydrogen-bond donors (Lipinski definition) is 0. The summed E-state index contributed by atoms with van der Waals surface area (Å²) in [6.45, 7) is 7.74. The Morgan fingerprint density at radius 1 is 1.21 bits per heavy atom. The number of anilines is 1. The zero-order valence-corrected chi connectivity index (χ0v) is 22.6. The first-order valence-corrected chi connectivity index (χ1v) is 13.5. The van der Waals surface area contributed by atoms with E-state index in [-0.39, 0.29) is 71.0 Å². The number of alkyl halides is 3. The van der Waals surface area contributed by atoms with Crippen LogP contribution in [0.15, 0.2) is 46.9 Å². The highest BCUT2D eigenvalue weighted by atomic mass is 35.5. The molecule has 14 heteroatoms. The first-order chi connectivity index (χ1) is 18.5. The second-order valence-corrected chi connectivity index (χ2v) is 10.8. The van der Waals surface area contributed by atoms with E-state index in [1.165, 1.54) is 23.0 Å². The van der Waals surface area contributed by atoms with Crippen molar-refractivity contribution in [2.45, 2.75) is 49.7 Å². The van der Waals surface area contributed by atoms with E-state index in [9.17, 15) is 22.8 Å².